The molecule has 1 saturated heterocycles. The Kier molecular flexibility index (Phi) is 6.71. The molecule has 1 heterocycles. The number of nitrogens with one attached hydrogen (secondary N) is 1. The molecular formula is C22H28N2O3S2. The van der Waals surface area contributed by atoms with E-state index in [0.29, 0.717) is 24.3 Å². The smallest absolute Gasteiger partial charge is 0.243 e. The highest BCUT2D eigenvalue weighted by molar-refractivity contribution is 7.98. The van der Waals surface area contributed by atoms with Gasteiger partial charge in [-0.2, -0.15) is 4.31 Å². The monoisotopic (exact) mass is 432 g/mol. The molecule has 1 aliphatic rings. The Morgan fingerprint density at radius 2 is 1.79 bits per heavy atom. The molecule has 1 fully saturated rings. The van der Waals surface area contributed by atoms with Crippen LogP contribution in [-0.2, 0) is 14.8 Å². The summed E-state index contributed by atoms with van der Waals surface area (Å²) in [6.07, 6.45) is 3.32. The number of rotatable bonds is 5. The fourth-order valence-electron chi connectivity index (χ4n) is 4.06. The maximum atomic E-state index is 13.4. The maximum Gasteiger partial charge on any atom is 0.243 e. The molecule has 0 bridgehead atoms. The second kappa shape index (κ2) is 8.90. The lowest BCUT2D eigenvalue weighted by Gasteiger charge is -2.32. The summed E-state index contributed by atoms with van der Waals surface area (Å²) in [5.41, 5.74) is 3.32. The number of nitrogens with zero attached hydrogens (tertiary/aromatic N) is 1. The van der Waals surface area contributed by atoms with E-state index >= 15 is 0 Å². The summed E-state index contributed by atoms with van der Waals surface area (Å²) >= 11 is 1.57. The molecule has 0 unspecified atom stereocenters. The number of hydrogen-bond donors (Lipinski definition) is 1. The van der Waals surface area contributed by atoms with Gasteiger partial charge in [-0.3, -0.25) is 4.79 Å². The molecule has 0 radical (unpaired) electrons. The molecule has 0 saturated carbocycles. The number of para-hydroxylation sites is 1. The van der Waals surface area contributed by atoms with E-state index in [0.717, 1.165) is 27.3 Å². The third-order valence-electron chi connectivity index (χ3n) is 5.32. The van der Waals surface area contributed by atoms with Crippen LogP contribution in [0.2, 0.25) is 0 Å². The third kappa shape index (κ3) is 4.68. The molecular weight excluding hydrogens is 404 g/mol. The van der Waals surface area contributed by atoms with Crippen molar-refractivity contribution in [1.82, 2.24) is 4.31 Å². The minimum absolute atomic E-state index is 0.122. The number of thioether (sulfide) groups is 1. The Labute approximate surface area is 177 Å². The predicted molar refractivity (Wildman–Crippen MR) is 119 cm³/mol. The number of piperidine rings is 1. The molecule has 2 aromatic rings. The van der Waals surface area contributed by atoms with Gasteiger partial charge in [-0.25, -0.2) is 8.42 Å². The Morgan fingerprint density at radius 1 is 1.14 bits per heavy atom. The van der Waals surface area contributed by atoms with E-state index in [1.807, 2.05) is 63.4 Å². The van der Waals surface area contributed by atoms with Gasteiger partial charge in [0, 0.05) is 18.0 Å². The van der Waals surface area contributed by atoms with Gasteiger partial charge in [0.2, 0.25) is 15.9 Å². The molecule has 29 heavy (non-hydrogen) atoms. The van der Waals surface area contributed by atoms with Crippen molar-refractivity contribution in [1.29, 1.82) is 0 Å². The zero-order valence-corrected chi connectivity index (χ0v) is 19.0. The van der Waals surface area contributed by atoms with Gasteiger partial charge in [0.25, 0.3) is 0 Å². The largest absolute Gasteiger partial charge is 0.325 e. The lowest BCUT2D eigenvalue weighted by Crippen LogP contribution is -2.44. The number of carbonyl (C=O) groups is 1. The first-order valence-corrected chi connectivity index (χ1v) is 12.4. The summed E-state index contributed by atoms with van der Waals surface area (Å²) in [6, 6.07) is 11.4. The molecule has 3 rings (SSSR count). The maximum absolute atomic E-state index is 13.4. The number of benzene rings is 2. The Morgan fingerprint density at radius 3 is 2.45 bits per heavy atom. The van der Waals surface area contributed by atoms with Crippen molar-refractivity contribution in [2.75, 3.05) is 24.7 Å². The highest BCUT2D eigenvalue weighted by Gasteiger charge is 2.35. The lowest BCUT2D eigenvalue weighted by molar-refractivity contribution is -0.120. The van der Waals surface area contributed by atoms with Crippen molar-refractivity contribution in [2.45, 2.75) is 43.4 Å². The van der Waals surface area contributed by atoms with Crippen LogP contribution in [0.1, 0.15) is 29.5 Å². The van der Waals surface area contributed by atoms with Gasteiger partial charge < -0.3 is 5.32 Å². The molecule has 1 aliphatic heterocycles. The van der Waals surface area contributed by atoms with Gasteiger partial charge in [-0.15, -0.1) is 11.8 Å². The van der Waals surface area contributed by atoms with Crippen LogP contribution in [0.25, 0.3) is 0 Å². The quantitative estimate of drug-likeness (QED) is 0.713. The van der Waals surface area contributed by atoms with Crippen molar-refractivity contribution < 1.29 is 13.2 Å². The van der Waals surface area contributed by atoms with Crippen LogP contribution < -0.4 is 5.32 Å². The average molecular weight is 433 g/mol. The van der Waals surface area contributed by atoms with Crippen molar-refractivity contribution in [2.24, 2.45) is 5.92 Å². The van der Waals surface area contributed by atoms with E-state index in [1.54, 1.807) is 11.8 Å². The van der Waals surface area contributed by atoms with E-state index in [2.05, 4.69) is 5.32 Å². The Hall–Kier alpha value is -1.83. The van der Waals surface area contributed by atoms with Crippen LogP contribution in [0.5, 0.6) is 0 Å². The van der Waals surface area contributed by atoms with Gasteiger partial charge in [0.05, 0.1) is 16.5 Å². The molecule has 1 atom stereocenters. The number of anilines is 1. The normalized spacial score (nSPS) is 17.9. The van der Waals surface area contributed by atoms with Crippen molar-refractivity contribution in [3.8, 4) is 0 Å². The second-order valence-electron chi connectivity index (χ2n) is 7.62. The lowest BCUT2D eigenvalue weighted by atomic mass is 9.98. The van der Waals surface area contributed by atoms with Gasteiger partial charge in [0.1, 0.15) is 0 Å². The summed E-state index contributed by atoms with van der Waals surface area (Å²) in [7, 11) is -3.64. The van der Waals surface area contributed by atoms with E-state index in [4.69, 9.17) is 0 Å². The number of aryl methyl sites for hydroxylation is 3. The molecule has 7 heteroatoms. The van der Waals surface area contributed by atoms with Crippen LogP contribution in [0, 0.1) is 26.7 Å². The zero-order chi connectivity index (χ0) is 21.2. The standard InChI is InChI=1S/C22H28N2O3S2/c1-15-12-16(2)21(17(3)13-15)29(26,27)24-11-7-8-18(14-24)22(25)23-19-9-5-6-10-20(19)28-4/h5-6,9-10,12-13,18H,7-8,11,14H2,1-4H3,(H,23,25)/t18-/m1/s1. The van der Waals surface area contributed by atoms with Crippen LogP contribution >= 0.6 is 11.8 Å². The van der Waals surface area contributed by atoms with Gasteiger partial charge in [-0.1, -0.05) is 29.8 Å². The first-order chi connectivity index (χ1) is 13.7. The van der Waals surface area contributed by atoms with Crippen LogP contribution in [0.4, 0.5) is 5.69 Å². The zero-order valence-electron chi connectivity index (χ0n) is 17.4. The molecule has 1 amide bonds. The van der Waals surface area contributed by atoms with Crippen molar-refractivity contribution >= 4 is 33.4 Å². The first kappa shape index (κ1) is 21.9. The van der Waals surface area contributed by atoms with E-state index in [9.17, 15) is 13.2 Å². The van der Waals surface area contributed by atoms with Gasteiger partial charge in [0.15, 0.2) is 0 Å². The predicted octanol–water partition coefficient (Wildman–Crippen LogP) is 4.37. The van der Waals surface area contributed by atoms with Crippen molar-refractivity contribution in [3.05, 3.63) is 53.1 Å². The minimum atomic E-state index is -3.64. The summed E-state index contributed by atoms with van der Waals surface area (Å²) in [5, 5.41) is 2.99. The topological polar surface area (TPSA) is 66.5 Å². The highest BCUT2D eigenvalue weighted by Crippen LogP contribution is 2.30. The number of amides is 1. The Balaban J connectivity index is 1.81. The molecule has 2 aromatic carbocycles. The fraction of sp³-hybridized carbons (Fsp3) is 0.409. The van der Waals surface area contributed by atoms with E-state index in [-0.39, 0.29) is 18.4 Å². The highest BCUT2D eigenvalue weighted by atomic mass is 32.2. The van der Waals surface area contributed by atoms with Crippen LogP contribution in [0.3, 0.4) is 0 Å². The first-order valence-electron chi connectivity index (χ1n) is 9.76. The molecule has 0 aliphatic carbocycles. The molecule has 0 spiro atoms. The number of hydrogen-bond acceptors (Lipinski definition) is 4. The summed E-state index contributed by atoms with van der Waals surface area (Å²) < 4.78 is 28.2. The molecule has 0 aromatic heterocycles. The molecule has 1 N–H and O–H groups in total. The van der Waals surface area contributed by atoms with Gasteiger partial charge >= 0.3 is 0 Å². The number of sulfonamides is 1. The van der Waals surface area contributed by atoms with Gasteiger partial charge in [-0.05, 0) is 63.1 Å². The van der Waals surface area contributed by atoms with E-state index < -0.39 is 10.0 Å². The summed E-state index contributed by atoms with van der Waals surface area (Å²) in [4.78, 5) is 14.2. The summed E-state index contributed by atoms with van der Waals surface area (Å²) in [6.45, 7) is 6.29. The average Bonchev–Trinajstić information content (AvgIpc) is 2.67. The third-order valence-corrected chi connectivity index (χ3v) is 8.29. The minimum Gasteiger partial charge on any atom is -0.325 e. The summed E-state index contributed by atoms with van der Waals surface area (Å²) in [5.74, 6) is -0.483. The van der Waals surface area contributed by atoms with Crippen LogP contribution in [-0.4, -0.2) is 38.0 Å². The van der Waals surface area contributed by atoms with Crippen molar-refractivity contribution in [3.63, 3.8) is 0 Å². The molecule has 5 nitrogen and oxygen atoms in total. The number of carbonyl (C=O) groups excluding carboxylic acids is 1. The van der Waals surface area contributed by atoms with E-state index in [1.165, 1.54) is 4.31 Å². The second-order valence-corrected chi connectivity index (χ2v) is 10.3. The SMILES string of the molecule is CSc1ccccc1NC(=O)[C@@H]1CCCN(S(=O)(=O)c2c(C)cc(C)cc2C)C1. The fourth-order valence-corrected chi connectivity index (χ4v) is 6.55. The Bertz CT molecular complexity index is 995. The van der Waals surface area contributed by atoms with Crippen LogP contribution in [0.15, 0.2) is 46.2 Å². The molecule has 156 valence electrons.